The Morgan fingerprint density at radius 3 is 2.12 bits per heavy atom. The van der Waals surface area contributed by atoms with Crippen molar-refractivity contribution in [2.45, 2.75) is 26.1 Å². The van der Waals surface area contributed by atoms with E-state index in [9.17, 15) is 10.2 Å². The fourth-order valence-corrected chi connectivity index (χ4v) is 1.98. The number of halogens is 1. The zero-order valence-corrected chi connectivity index (χ0v) is 10.3. The summed E-state index contributed by atoms with van der Waals surface area (Å²) >= 11 is 5.58. The van der Waals surface area contributed by atoms with Gasteiger partial charge in [0.15, 0.2) is 5.02 Å². The number of nitrogens with zero attached hydrogens (tertiary/aromatic N) is 3. The maximum absolute atomic E-state index is 9.44. The highest BCUT2D eigenvalue weighted by molar-refractivity contribution is 6.33. The van der Waals surface area contributed by atoms with Crippen molar-refractivity contribution in [2.24, 2.45) is 0 Å². The predicted molar refractivity (Wildman–Crippen MR) is 62.6 cm³/mol. The fourth-order valence-electron chi connectivity index (χ4n) is 1.90. The third kappa shape index (κ3) is 2.53. The summed E-state index contributed by atoms with van der Waals surface area (Å²) in [4.78, 5) is 9.54. The molecule has 2 heterocycles. The summed E-state index contributed by atoms with van der Waals surface area (Å²) in [6, 6.07) is 0. The minimum Gasteiger partial charge on any atom is -0.492 e. The van der Waals surface area contributed by atoms with Crippen molar-refractivity contribution in [1.82, 2.24) is 9.97 Å². The SMILES string of the molecule is CC1CN(c2nc(O)c(Cl)c(O)n2)CC(C)O1. The van der Waals surface area contributed by atoms with Gasteiger partial charge in [0.1, 0.15) is 0 Å². The van der Waals surface area contributed by atoms with E-state index in [4.69, 9.17) is 16.3 Å². The number of hydrogen-bond acceptors (Lipinski definition) is 6. The van der Waals surface area contributed by atoms with Gasteiger partial charge in [-0.1, -0.05) is 11.6 Å². The largest absolute Gasteiger partial charge is 0.492 e. The van der Waals surface area contributed by atoms with Crippen LogP contribution in [0, 0.1) is 0 Å². The number of ether oxygens (including phenoxy) is 1. The molecule has 6 nitrogen and oxygen atoms in total. The first-order valence-electron chi connectivity index (χ1n) is 5.33. The molecule has 0 aliphatic carbocycles. The van der Waals surface area contributed by atoms with Crippen molar-refractivity contribution in [3.63, 3.8) is 0 Å². The summed E-state index contributed by atoms with van der Waals surface area (Å²) in [5.74, 6) is -0.576. The van der Waals surface area contributed by atoms with Gasteiger partial charge in [0.2, 0.25) is 17.7 Å². The molecule has 0 spiro atoms. The van der Waals surface area contributed by atoms with E-state index in [0.717, 1.165) is 0 Å². The Bertz CT molecular complexity index is 396. The lowest BCUT2D eigenvalue weighted by Gasteiger charge is -2.35. The molecule has 2 atom stereocenters. The van der Waals surface area contributed by atoms with Gasteiger partial charge in [-0.2, -0.15) is 9.97 Å². The van der Waals surface area contributed by atoms with Gasteiger partial charge in [-0.05, 0) is 13.8 Å². The number of morpholine rings is 1. The second kappa shape index (κ2) is 4.54. The molecule has 94 valence electrons. The van der Waals surface area contributed by atoms with Gasteiger partial charge in [-0.3, -0.25) is 0 Å². The van der Waals surface area contributed by atoms with Gasteiger partial charge in [0.05, 0.1) is 12.2 Å². The van der Waals surface area contributed by atoms with Crippen LogP contribution < -0.4 is 4.90 Å². The van der Waals surface area contributed by atoms with Gasteiger partial charge in [0.25, 0.3) is 0 Å². The Morgan fingerprint density at radius 1 is 1.18 bits per heavy atom. The molecule has 0 amide bonds. The maximum Gasteiger partial charge on any atom is 0.239 e. The molecule has 0 radical (unpaired) electrons. The molecule has 2 unspecified atom stereocenters. The molecule has 7 heteroatoms. The molecule has 1 aliphatic rings. The van der Waals surface area contributed by atoms with E-state index in [0.29, 0.717) is 13.1 Å². The van der Waals surface area contributed by atoms with Gasteiger partial charge < -0.3 is 19.8 Å². The summed E-state index contributed by atoms with van der Waals surface area (Å²) in [6.07, 6.45) is 0.0876. The van der Waals surface area contributed by atoms with Gasteiger partial charge in [-0.15, -0.1) is 0 Å². The van der Waals surface area contributed by atoms with E-state index < -0.39 is 11.8 Å². The third-order valence-corrected chi connectivity index (χ3v) is 2.84. The van der Waals surface area contributed by atoms with E-state index in [-0.39, 0.29) is 23.2 Å². The topological polar surface area (TPSA) is 78.7 Å². The van der Waals surface area contributed by atoms with Crippen LogP contribution in [0.1, 0.15) is 13.8 Å². The van der Waals surface area contributed by atoms with Crippen molar-refractivity contribution in [3.8, 4) is 11.8 Å². The van der Waals surface area contributed by atoms with E-state index in [1.54, 1.807) is 0 Å². The summed E-state index contributed by atoms with van der Waals surface area (Å²) in [5.41, 5.74) is 0. The first-order chi connectivity index (χ1) is 7.97. The minimum atomic E-state index is -0.416. The van der Waals surface area contributed by atoms with E-state index in [1.165, 1.54) is 0 Å². The lowest BCUT2D eigenvalue weighted by molar-refractivity contribution is -0.00578. The second-order valence-corrected chi connectivity index (χ2v) is 4.53. The van der Waals surface area contributed by atoms with Crippen molar-refractivity contribution in [3.05, 3.63) is 5.02 Å². The Kier molecular flexibility index (Phi) is 3.26. The fraction of sp³-hybridized carbons (Fsp3) is 0.600. The summed E-state index contributed by atoms with van der Waals surface area (Å²) in [5, 5.41) is 18.7. The predicted octanol–water partition coefficient (Wildman–Crippen LogP) is 1.15. The molecule has 1 aromatic heterocycles. The molecular weight excluding hydrogens is 246 g/mol. The number of aromatic nitrogens is 2. The molecule has 2 rings (SSSR count). The highest BCUT2D eigenvalue weighted by Crippen LogP contribution is 2.31. The molecule has 2 N–H and O–H groups in total. The number of rotatable bonds is 1. The first-order valence-corrected chi connectivity index (χ1v) is 5.71. The molecule has 0 bridgehead atoms. The average Bonchev–Trinajstić information content (AvgIpc) is 2.23. The van der Waals surface area contributed by atoms with Crippen molar-refractivity contribution in [1.29, 1.82) is 0 Å². The van der Waals surface area contributed by atoms with Gasteiger partial charge >= 0.3 is 0 Å². The van der Waals surface area contributed by atoms with Crippen molar-refractivity contribution >= 4 is 17.5 Å². The molecule has 0 aromatic carbocycles. The highest BCUT2D eigenvalue weighted by Gasteiger charge is 2.25. The molecule has 1 aliphatic heterocycles. The summed E-state index contributed by atoms with van der Waals surface area (Å²) in [7, 11) is 0. The normalized spacial score (nSPS) is 25.0. The van der Waals surface area contributed by atoms with Crippen LogP contribution in [0.15, 0.2) is 0 Å². The zero-order valence-electron chi connectivity index (χ0n) is 9.59. The summed E-state index contributed by atoms with van der Waals surface area (Å²) < 4.78 is 5.57. The Labute approximate surface area is 104 Å². The van der Waals surface area contributed by atoms with Crippen LogP contribution in [0.2, 0.25) is 5.02 Å². The van der Waals surface area contributed by atoms with Gasteiger partial charge in [0, 0.05) is 13.1 Å². The lowest BCUT2D eigenvalue weighted by atomic mass is 10.2. The molecule has 1 aromatic rings. The van der Waals surface area contributed by atoms with E-state index in [1.807, 2.05) is 18.7 Å². The van der Waals surface area contributed by atoms with Crippen LogP contribution >= 0.6 is 11.6 Å². The number of anilines is 1. The Balaban J connectivity index is 2.27. The van der Waals surface area contributed by atoms with E-state index in [2.05, 4.69) is 9.97 Å². The Morgan fingerprint density at radius 2 is 1.65 bits per heavy atom. The van der Waals surface area contributed by atoms with E-state index >= 15 is 0 Å². The minimum absolute atomic E-state index is 0.0438. The average molecular weight is 260 g/mol. The highest BCUT2D eigenvalue weighted by atomic mass is 35.5. The molecule has 0 saturated carbocycles. The van der Waals surface area contributed by atoms with Crippen LogP contribution in [-0.4, -0.2) is 45.5 Å². The van der Waals surface area contributed by atoms with Crippen molar-refractivity contribution < 1.29 is 14.9 Å². The van der Waals surface area contributed by atoms with Gasteiger partial charge in [-0.25, -0.2) is 0 Å². The molecule has 17 heavy (non-hydrogen) atoms. The monoisotopic (exact) mass is 259 g/mol. The maximum atomic E-state index is 9.44. The zero-order chi connectivity index (χ0) is 12.6. The quantitative estimate of drug-likeness (QED) is 0.788. The lowest BCUT2D eigenvalue weighted by Crippen LogP contribution is -2.46. The second-order valence-electron chi connectivity index (χ2n) is 4.15. The van der Waals surface area contributed by atoms with Crippen molar-refractivity contribution in [2.75, 3.05) is 18.0 Å². The molecule has 1 saturated heterocycles. The van der Waals surface area contributed by atoms with Crippen LogP contribution in [0.25, 0.3) is 0 Å². The Hall–Kier alpha value is -1.27. The molecule has 1 fully saturated rings. The van der Waals surface area contributed by atoms with Crippen LogP contribution in [-0.2, 0) is 4.74 Å². The van der Waals surface area contributed by atoms with Crippen LogP contribution in [0.5, 0.6) is 11.8 Å². The number of hydrogen-bond donors (Lipinski definition) is 2. The smallest absolute Gasteiger partial charge is 0.239 e. The first kappa shape index (κ1) is 12.2. The van der Waals surface area contributed by atoms with Crippen LogP contribution in [0.4, 0.5) is 5.95 Å². The number of aromatic hydroxyl groups is 2. The molecular formula is C10H14ClN3O3. The standard InChI is InChI=1S/C10H14ClN3O3/c1-5-3-14(4-6(2)17-5)10-12-8(15)7(11)9(16)13-10/h5-6H,3-4H2,1-2H3,(H2,12,13,15,16). The van der Waals surface area contributed by atoms with Crippen LogP contribution in [0.3, 0.4) is 0 Å². The third-order valence-electron chi connectivity index (χ3n) is 2.51. The summed E-state index contributed by atoms with van der Waals surface area (Å²) in [6.45, 7) is 5.09.